The Labute approximate surface area is 121 Å². The van der Waals surface area contributed by atoms with Gasteiger partial charge < -0.3 is 15.1 Å². The molecule has 0 aliphatic carbocycles. The van der Waals surface area contributed by atoms with Gasteiger partial charge in [-0.2, -0.15) is 0 Å². The Balaban J connectivity index is 2.49. The lowest BCUT2D eigenvalue weighted by Crippen LogP contribution is -2.22. The highest BCUT2D eigenvalue weighted by Crippen LogP contribution is 2.10. The number of hydrogen-bond donors (Lipinski definition) is 1. The first-order valence-electron chi connectivity index (χ1n) is 6.78. The first-order chi connectivity index (χ1) is 9.52. The number of aromatic nitrogens is 1. The van der Waals surface area contributed by atoms with Gasteiger partial charge in [0, 0.05) is 39.0 Å². The maximum absolute atomic E-state index is 11.6. The van der Waals surface area contributed by atoms with E-state index in [1.165, 1.54) is 0 Å². The predicted octanol–water partition coefficient (Wildman–Crippen LogP) is 1.27. The van der Waals surface area contributed by atoms with Crippen molar-refractivity contribution in [2.75, 3.05) is 39.1 Å². The zero-order valence-corrected chi connectivity index (χ0v) is 12.8. The standard InChI is InChI=1S/C15H24N4O/c1-5-19(4)14-11-13(8-9-16-14)12-17-15(20)7-6-10-18(2)3/h6-9,11H,5,10,12H2,1-4H3,(H,17,20)/b7-6+. The Bertz CT molecular complexity index is 457. The van der Waals surface area contributed by atoms with Crippen molar-refractivity contribution in [1.82, 2.24) is 15.2 Å². The van der Waals surface area contributed by atoms with E-state index in [1.54, 1.807) is 12.3 Å². The fourth-order valence-electron chi connectivity index (χ4n) is 1.56. The zero-order chi connectivity index (χ0) is 15.0. The quantitative estimate of drug-likeness (QED) is 0.762. The third-order valence-electron chi connectivity index (χ3n) is 2.88. The topological polar surface area (TPSA) is 48.5 Å². The van der Waals surface area contributed by atoms with Crippen LogP contribution in [0, 0.1) is 0 Å². The molecule has 0 aliphatic heterocycles. The summed E-state index contributed by atoms with van der Waals surface area (Å²) in [7, 11) is 5.92. The smallest absolute Gasteiger partial charge is 0.243 e. The predicted molar refractivity (Wildman–Crippen MR) is 82.7 cm³/mol. The van der Waals surface area contributed by atoms with Crippen molar-refractivity contribution < 1.29 is 4.79 Å². The van der Waals surface area contributed by atoms with Crippen molar-refractivity contribution in [2.45, 2.75) is 13.5 Å². The molecule has 0 aliphatic rings. The Morgan fingerprint density at radius 3 is 2.80 bits per heavy atom. The fourth-order valence-corrected chi connectivity index (χ4v) is 1.56. The Hall–Kier alpha value is -1.88. The van der Waals surface area contributed by atoms with Gasteiger partial charge >= 0.3 is 0 Å². The molecule has 0 radical (unpaired) electrons. The van der Waals surface area contributed by atoms with Gasteiger partial charge in [-0.05, 0) is 38.7 Å². The third-order valence-corrected chi connectivity index (χ3v) is 2.88. The number of amides is 1. The number of carbonyl (C=O) groups excluding carboxylic acids is 1. The number of nitrogens with zero attached hydrogens (tertiary/aromatic N) is 3. The van der Waals surface area contributed by atoms with E-state index in [9.17, 15) is 4.79 Å². The minimum absolute atomic E-state index is 0.0749. The summed E-state index contributed by atoms with van der Waals surface area (Å²) in [6.07, 6.45) is 5.18. The summed E-state index contributed by atoms with van der Waals surface area (Å²) < 4.78 is 0. The molecular weight excluding hydrogens is 252 g/mol. The van der Waals surface area contributed by atoms with E-state index in [-0.39, 0.29) is 5.91 Å². The lowest BCUT2D eigenvalue weighted by molar-refractivity contribution is -0.116. The molecule has 20 heavy (non-hydrogen) atoms. The molecular formula is C15H24N4O. The van der Waals surface area contributed by atoms with E-state index >= 15 is 0 Å². The second-order valence-corrected chi connectivity index (χ2v) is 4.92. The van der Waals surface area contributed by atoms with Crippen molar-refractivity contribution in [3.63, 3.8) is 0 Å². The van der Waals surface area contributed by atoms with Crippen LogP contribution in [-0.2, 0) is 11.3 Å². The molecule has 1 heterocycles. The maximum Gasteiger partial charge on any atom is 0.243 e. The van der Waals surface area contributed by atoms with Crippen LogP contribution in [0.1, 0.15) is 12.5 Å². The summed E-state index contributed by atoms with van der Waals surface area (Å²) in [6, 6.07) is 3.91. The van der Waals surface area contributed by atoms with E-state index in [2.05, 4.69) is 22.1 Å². The van der Waals surface area contributed by atoms with Gasteiger partial charge in [0.15, 0.2) is 0 Å². The summed E-state index contributed by atoms with van der Waals surface area (Å²) >= 11 is 0. The van der Waals surface area contributed by atoms with Crippen LogP contribution in [0.4, 0.5) is 5.82 Å². The minimum atomic E-state index is -0.0749. The summed E-state index contributed by atoms with van der Waals surface area (Å²) in [4.78, 5) is 20.0. The second-order valence-electron chi connectivity index (χ2n) is 4.92. The van der Waals surface area contributed by atoms with Crippen LogP contribution >= 0.6 is 0 Å². The van der Waals surface area contributed by atoms with Crippen LogP contribution in [0.2, 0.25) is 0 Å². The number of rotatable bonds is 7. The summed E-state index contributed by atoms with van der Waals surface area (Å²) in [5, 5.41) is 2.87. The van der Waals surface area contributed by atoms with Crippen LogP contribution in [0.15, 0.2) is 30.5 Å². The number of pyridine rings is 1. The Kier molecular flexibility index (Phi) is 6.73. The highest BCUT2D eigenvalue weighted by Gasteiger charge is 2.02. The van der Waals surface area contributed by atoms with Crippen molar-refractivity contribution in [3.8, 4) is 0 Å². The molecule has 0 atom stereocenters. The van der Waals surface area contributed by atoms with Crippen LogP contribution < -0.4 is 10.2 Å². The van der Waals surface area contributed by atoms with E-state index in [4.69, 9.17) is 0 Å². The van der Waals surface area contributed by atoms with Gasteiger partial charge in [-0.3, -0.25) is 4.79 Å². The van der Waals surface area contributed by atoms with Gasteiger partial charge in [0.2, 0.25) is 5.91 Å². The number of hydrogen-bond acceptors (Lipinski definition) is 4. The largest absolute Gasteiger partial charge is 0.360 e. The average molecular weight is 276 g/mol. The monoisotopic (exact) mass is 276 g/mol. The average Bonchev–Trinajstić information content (AvgIpc) is 2.44. The molecule has 0 saturated carbocycles. The number of anilines is 1. The number of nitrogens with one attached hydrogen (secondary N) is 1. The summed E-state index contributed by atoms with van der Waals surface area (Å²) in [6.45, 7) is 4.24. The fraction of sp³-hybridized carbons (Fsp3) is 0.467. The summed E-state index contributed by atoms with van der Waals surface area (Å²) in [5.41, 5.74) is 1.05. The van der Waals surface area contributed by atoms with Gasteiger partial charge in [0.25, 0.3) is 0 Å². The molecule has 1 N–H and O–H groups in total. The van der Waals surface area contributed by atoms with Gasteiger partial charge in [0.1, 0.15) is 5.82 Å². The molecule has 5 nitrogen and oxygen atoms in total. The highest BCUT2D eigenvalue weighted by atomic mass is 16.1. The van der Waals surface area contributed by atoms with Gasteiger partial charge in [-0.1, -0.05) is 6.08 Å². The highest BCUT2D eigenvalue weighted by molar-refractivity contribution is 5.87. The van der Waals surface area contributed by atoms with Gasteiger partial charge in [-0.25, -0.2) is 4.98 Å². The van der Waals surface area contributed by atoms with Crippen LogP contribution in [0.5, 0.6) is 0 Å². The molecule has 0 bridgehead atoms. The van der Waals surface area contributed by atoms with Crippen LogP contribution in [-0.4, -0.2) is 50.0 Å². The lowest BCUT2D eigenvalue weighted by atomic mass is 10.2. The van der Waals surface area contributed by atoms with E-state index in [0.717, 1.165) is 24.5 Å². The van der Waals surface area contributed by atoms with Crippen molar-refractivity contribution in [2.24, 2.45) is 0 Å². The number of carbonyl (C=O) groups is 1. The molecule has 0 saturated heterocycles. The van der Waals surface area contributed by atoms with Gasteiger partial charge in [-0.15, -0.1) is 0 Å². The SMILES string of the molecule is CCN(C)c1cc(CNC(=O)/C=C/CN(C)C)ccn1. The van der Waals surface area contributed by atoms with Crippen molar-refractivity contribution >= 4 is 11.7 Å². The molecule has 1 aromatic heterocycles. The van der Waals surface area contributed by atoms with E-state index in [0.29, 0.717) is 6.54 Å². The van der Waals surface area contributed by atoms with Crippen molar-refractivity contribution in [1.29, 1.82) is 0 Å². The van der Waals surface area contributed by atoms with E-state index in [1.807, 2.05) is 44.3 Å². The first kappa shape index (κ1) is 16.2. The molecule has 0 fully saturated rings. The molecule has 0 unspecified atom stereocenters. The zero-order valence-electron chi connectivity index (χ0n) is 12.8. The Morgan fingerprint density at radius 1 is 1.40 bits per heavy atom. The summed E-state index contributed by atoms with van der Waals surface area (Å²) in [5.74, 6) is 0.844. The maximum atomic E-state index is 11.6. The van der Waals surface area contributed by atoms with Gasteiger partial charge in [0.05, 0.1) is 0 Å². The van der Waals surface area contributed by atoms with E-state index < -0.39 is 0 Å². The molecule has 1 aromatic rings. The molecule has 1 amide bonds. The lowest BCUT2D eigenvalue weighted by Gasteiger charge is -2.16. The third kappa shape index (κ3) is 5.84. The second kappa shape index (κ2) is 8.32. The van der Waals surface area contributed by atoms with Crippen LogP contribution in [0.25, 0.3) is 0 Å². The normalized spacial score (nSPS) is 11.1. The molecule has 0 aromatic carbocycles. The Morgan fingerprint density at radius 2 is 2.15 bits per heavy atom. The first-order valence-corrected chi connectivity index (χ1v) is 6.78. The van der Waals surface area contributed by atoms with Crippen LogP contribution in [0.3, 0.4) is 0 Å². The molecule has 0 spiro atoms. The molecule has 110 valence electrons. The molecule has 5 heteroatoms. The van der Waals surface area contributed by atoms with Crippen molar-refractivity contribution in [3.05, 3.63) is 36.0 Å². The number of likely N-dealkylation sites (N-methyl/N-ethyl adjacent to an activating group) is 1. The molecule has 1 rings (SSSR count). The minimum Gasteiger partial charge on any atom is -0.360 e.